The van der Waals surface area contributed by atoms with Crippen LogP contribution in [0.2, 0.25) is 0 Å². The van der Waals surface area contributed by atoms with Crippen molar-refractivity contribution in [2.45, 2.75) is 97.2 Å². The van der Waals surface area contributed by atoms with Gasteiger partial charge in [-0.1, -0.05) is 45.0 Å². The topological polar surface area (TPSA) is 70.8 Å². The molecule has 3 aromatic rings. The highest BCUT2D eigenvalue weighted by Crippen LogP contribution is 2.44. The Morgan fingerprint density at radius 2 is 1.80 bits per heavy atom. The van der Waals surface area contributed by atoms with Gasteiger partial charge in [-0.05, 0) is 118 Å². The van der Waals surface area contributed by atoms with Gasteiger partial charge in [0.15, 0.2) is 0 Å². The van der Waals surface area contributed by atoms with Gasteiger partial charge in [0.05, 0.1) is 12.3 Å². The van der Waals surface area contributed by atoms with Gasteiger partial charge in [0.1, 0.15) is 17.6 Å². The van der Waals surface area contributed by atoms with Crippen molar-refractivity contribution in [3.8, 4) is 5.75 Å². The van der Waals surface area contributed by atoms with Crippen LogP contribution in [-0.4, -0.2) is 75.5 Å². The molecule has 0 amide bonds. The van der Waals surface area contributed by atoms with Gasteiger partial charge < -0.3 is 14.7 Å². The van der Waals surface area contributed by atoms with Crippen molar-refractivity contribution in [3.05, 3.63) is 82.9 Å². The van der Waals surface area contributed by atoms with E-state index in [1.165, 1.54) is 17.3 Å². The van der Waals surface area contributed by atoms with Gasteiger partial charge in [-0.3, -0.25) is 14.4 Å². The third kappa shape index (κ3) is 8.00. The first-order valence-corrected chi connectivity index (χ1v) is 17.4. The lowest BCUT2D eigenvalue weighted by Gasteiger charge is -2.36. The minimum absolute atomic E-state index is 0.0150. The van der Waals surface area contributed by atoms with Gasteiger partial charge in [-0.25, -0.2) is 4.39 Å². The molecule has 2 aromatic carbocycles. The van der Waals surface area contributed by atoms with E-state index in [1.807, 2.05) is 39.0 Å². The number of likely N-dealkylation sites (N-methyl/N-ethyl adjacent to an activating group) is 1. The van der Waals surface area contributed by atoms with Crippen LogP contribution in [0.1, 0.15) is 94.7 Å². The van der Waals surface area contributed by atoms with Crippen LogP contribution >= 0.6 is 0 Å². The molecular weight excluding hydrogens is 579 g/mol. The highest BCUT2D eigenvalue weighted by Gasteiger charge is 2.42. The number of hydrogen-bond donors (Lipinski definition) is 1. The maximum absolute atomic E-state index is 14.4. The number of aromatic nitrogens is 2. The fourth-order valence-corrected chi connectivity index (χ4v) is 8.18. The summed E-state index contributed by atoms with van der Waals surface area (Å²) in [5.74, 6) is 0.997. The van der Waals surface area contributed by atoms with Crippen LogP contribution in [-0.2, 0) is 17.8 Å². The first kappa shape index (κ1) is 34.1. The predicted octanol–water partition coefficient (Wildman–Crippen LogP) is 7.20. The molecule has 1 aliphatic heterocycles. The predicted molar refractivity (Wildman–Crippen MR) is 181 cm³/mol. The van der Waals surface area contributed by atoms with E-state index >= 15 is 0 Å². The van der Waals surface area contributed by atoms with Crippen molar-refractivity contribution in [1.29, 1.82) is 0 Å². The Morgan fingerprint density at radius 1 is 1.07 bits per heavy atom. The second kappa shape index (κ2) is 15.6. The number of benzene rings is 2. The van der Waals surface area contributed by atoms with E-state index in [1.54, 1.807) is 6.07 Å². The van der Waals surface area contributed by atoms with E-state index in [-0.39, 0.29) is 23.7 Å². The number of ether oxygens (including phenoxy) is 1. The van der Waals surface area contributed by atoms with Gasteiger partial charge in [-0.2, -0.15) is 5.10 Å². The number of halogens is 1. The molecule has 0 bridgehead atoms. The number of rotatable bonds is 14. The van der Waals surface area contributed by atoms with Gasteiger partial charge in [0, 0.05) is 37.2 Å². The number of carbonyl (C=O) groups is 1. The van der Waals surface area contributed by atoms with Gasteiger partial charge in [-0.15, -0.1) is 0 Å². The zero-order valence-electron chi connectivity index (χ0n) is 28.4. The molecule has 0 spiro atoms. The third-order valence-electron chi connectivity index (χ3n) is 10.3. The smallest absolute Gasteiger partial charge is 0.321 e. The standard InChI is InChI=1S/C38H53FN4O3/c1-6-42(37(26(4)5)38(44)45)33-22-30(35(24-33)29-10-9-11-31(39)21-29)25-41-18-16-28(17-19-41)36-23-32(40-43(36)7-2)20-27-12-14-34(15-13-27)46-8-3/h9-15,21,23,26,28,30,33,35,37H,6-8,16-20,22,24-25H2,1-5H3,(H,44,45)/t30-,33+,35-,37-/m1/s1. The summed E-state index contributed by atoms with van der Waals surface area (Å²) in [6, 6.07) is 17.4. The van der Waals surface area contributed by atoms with Crippen LogP contribution in [0.25, 0.3) is 0 Å². The highest BCUT2D eigenvalue weighted by atomic mass is 19.1. The molecule has 4 atom stereocenters. The molecule has 0 radical (unpaired) electrons. The zero-order valence-corrected chi connectivity index (χ0v) is 28.4. The molecule has 1 aromatic heterocycles. The van der Waals surface area contributed by atoms with Crippen molar-refractivity contribution in [2.75, 3.05) is 32.8 Å². The van der Waals surface area contributed by atoms with Crippen molar-refractivity contribution in [2.24, 2.45) is 11.8 Å². The Balaban J connectivity index is 1.25. The Kier molecular flexibility index (Phi) is 11.5. The average molecular weight is 633 g/mol. The highest BCUT2D eigenvalue weighted by molar-refractivity contribution is 5.73. The molecular formula is C38H53FN4O3. The molecule has 250 valence electrons. The third-order valence-corrected chi connectivity index (χ3v) is 10.3. The number of carboxylic acid groups (broad SMARTS) is 1. The Morgan fingerprint density at radius 3 is 2.41 bits per heavy atom. The van der Waals surface area contributed by atoms with E-state index in [9.17, 15) is 14.3 Å². The summed E-state index contributed by atoms with van der Waals surface area (Å²) >= 11 is 0. The summed E-state index contributed by atoms with van der Waals surface area (Å²) in [6.45, 7) is 15.4. The minimum Gasteiger partial charge on any atom is -0.494 e. The summed E-state index contributed by atoms with van der Waals surface area (Å²) in [4.78, 5) is 17.1. The monoisotopic (exact) mass is 632 g/mol. The van der Waals surface area contributed by atoms with Crippen molar-refractivity contribution in [3.63, 3.8) is 0 Å². The maximum Gasteiger partial charge on any atom is 0.321 e. The molecule has 1 saturated carbocycles. The fraction of sp³-hybridized carbons (Fsp3) is 0.579. The largest absolute Gasteiger partial charge is 0.494 e. The normalized spacial score (nSPS) is 21.7. The maximum atomic E-state index is 14.4. The molecule has 7 nitrogen and oxygen atoms in total. The first-order chi connectivity index (χ1) is 22.2. The minimum atomic E-state index is -0.751. The van der Waals surface area contributed by atoms with Crippen molar-refractivity contribution >= 4 is 5.97 Å². The van der Waals surface area contributed by atoms with E-state index in [4.69, 9.17) is 9.84 Å². The van der Waals surface area contributed by atoms with Crippen LogP contribution in [0.3, 0.4) is 0 Å². The molecule has 46 heavy (non-hydrogen) atoms. The first-order valence-electron chi connectivity index (χ1n) is 17.4. The average Bonchev–Trinajstić information content (AvgIpc) is 3.65. The number of likely N-dealkylation sites (tertiary alicyclic amines) is 1. The lowest BCUT2D eigenvalue weighted by atomic mass is 9.87. The van der Waals surface area contributed by atoms with E-state index in [0.717, 1.165) is 75.3 Å². The molecule has 1 aliphatic carbocycles. The van der Waals surface area contributed by atoms with E-state index in [2.05, 4.69) is 52.6 Å². The molecule has 2 heterocycles. The number of nitrogens with zero attached hydrogens (tertiary/aromatic N) is 4. The Labute approximate surface area is 274 Å². The quantitative estimate of drug-likeness (QED) is 0.203. The van der Waals surface area contributed by atoms with Gasteiger partial charge >= 0.3 is 5.97 Å². The number of piperidine rings is 1. The Bertz CT molecular complexity index is 1420. The van der Waals surface area contributed by atoms with Crippen LogP contribution in [0.4, 0.5) is 4.39 Å². The molecule has 5 rings (SSSR count). The van der Waals surface area contributed by atoms with Gasteiger partial charge in [0.2, 0.25) is 0 Å². The fourth-order valence-electron chi connectivity index (χ4n) is 8.18. The second-order valence-electron chi connectivity index (χ2n) is 13.6. The van der Waals surface area contributed by atoms with Crippen LogP contribution < -0.4 is 4.74 Å². The van der Waals surface area contributed by atoms with Crippen LogP contribution in [0, 0.1) is 17.7 Å². The molecule has 2 aliphatic rings. The molecule has 2 fully saturated rings. The number of aryl methyl sites for hydroxylation is 1. The number of hydrogen-bond acceptors (Lipinski definition) is 5. The Hall–Kier alpha value is -3.23. The van der Waals surface area contributed by atoms with E-state index in [0.29, 0.717) is 25.0 Å². The number of carboxylic acids is 1. The number of aliphatic carboxylic acids is 1. The molecule has 0 unspecified atom stereocenters. The van der Waals surface area contributed by atoms with Crippen LogP contribution in [0.5, 0.6) is 5.75 Å². The lowest BCUT2D eigenvalue weighted by molar-refractivity contribution is -0.146. The summed E-state index contributed by atoms with van der Waals surface area (Å²) in [5.41, 5.74) is 4.73. The molecule has 1 N–H and O–H groups in total. The summed E-state index contributed by atoms with van der Waals surface area (Å²) in [7, 11) is 0. The zero-order chi connectivity index (χ0) is 32.8. The lowest BCUT2D eigenvalue weighted by Crippen LogP contribution is -2.49. The SMILES string of the molecule is CCOc1ccc(Cc2cc(C3CCN(C[C@H]4C[C@H](N(CC)[C@@H](C(=O)O)C(C)C)C[C@@H]4c4cccc(F)c4)CC3)n(CC)n2)cc1. The summed E-state index contributed by atoms with van der Waals surface area (Å²) < 4.78 is 22.2. The van der Waals surface area contributed by atoms with Gasteiger partial charge in [0.25, 0.3) is 0 Å². The summed E-state index contributed by atoms with van der Waals surface area (Å²) in [5, 5.41) is 15.1. The van der Waals surface area contributed by atoms with Crippen molar-refractivity contribution < 1.29 is 19.0 Å². The summed E-state index contributed by atoms with van der Waals surface area (Å²) in [6.07, 6.45) is 4.78. The van der Waals surface area contributed by atoms with Crippen molar-refractivity contribution in [1.82, 2.24) is 19.6 Å². The van der Waals surface area contributed by atoms with E-state index < -0.39 is 12.0 Å². The molecule has 8 heteroatoms. The second-order valence-corrected chi connectivity index (χ2v) is 13.6. The molecule has 1 saturated heterocycles. The van der Waals surface area contributed by atoms with Crippen LogP contribution in [0.15, 0.2) is 54.6 Å².